The fraction of sp³-hybridized carbons (Fsp3) is 0.571. The van der Waals surface area contributed by atoms with Gasteiger partial charge in [-0.25, -0.2) is 4.39 Å². The van der Waals surface area contributed by atoms with Crippen LogP contribution < -0.4 is 5.32 Å². The molecule has 2 N–H and O–H groups in total. The molecule has 0 unspecified atom stereocenters. The lowest BCUT2D eigenvalue weighted by molar-refractivity contribution is 0.119. The van der Waals surface area contributed by atoms with Gasteiger partial charge in [0.25, 0.3) is 0 Å². The summed E-state index contributed by atoms with van der Waals surface area (Å²) >= 11 is 5.86. The second-order valence-electron chi connectivity index (χ2n) is 5.09. The van der Waals surface area contributed by atoms with Crippen molar-refractivity contribution in [1.82, 2.24) is 5.32 Å². The van der Waals surface area contributed by atoms with Crippen molar-refractivity contribution in [3.8, 4) is 0 Å². The Morgan fingerprint density at radius 1 is 1.28 bits per heavy atom. The molecule has 100 valence electrons. The minimum atomic E-state index is -0.254. The molecule has 0 radical (unpaired) electrons. The summed E-state index contributed by atoms with van der Waals surface area (Å²) in [7, 11) is 0. The molecular formula is C14H19ClFNO. The first-order chi connectivity index (χ1) is 8.65. The summed E-state index contributed by atoms with van der Waals surface area (Å²) in [5, 5.41) is 13.4. The van der Waals surface area contributed by atoms with Crippen molar-refractivity contribution in [2.24, 2.45) is 0 Å². The summed E-state index contributed by atoms with van der Waals surface area (Å²) in [5.74, 6) is -0.254. The van der Waals surface area contributed by atoms with Crippen LogP contribution in [0.25, 0.3) is 0 Å². The van der Waals surface area contributed by atoms with Gasteiger partial charge < -0.3 is 10.4 Å². The van der Waals surface area contributed by atoms with Gasteiger partial charge in [0.1, 0.15) is 5.82 Å². The maximum absolute atomic E-state index is 13.6. The molecule has 1 fully saturated rings. The van der Waals surface area contributed by atoms with Crippen LogP contribution in [0.15, 0.2) is 18.2 Å². The molecule has 0 atom stereocenters. The van der Waals surface area contributed by atoms with Crippen molar-refractivity contribution in [2.45, 2.75) is 44.2 Å². The largest absolute Gasteiger partial charge is 0.394 e. The lowest BCUT2D eigenvalue weighted by Gasteiger charge is -2.36. The van der Waals surface area contributed by atoms with Gasteiger partial charge in [-0.15, -0.1) is 0 Å². The molecule has 18 heavy (non-hydrogen) atoms. The Kier molecular flexibility index (Phi) is 4.60. The van der Waals surface area contributed by atoms with E-state index in [0.29, 0.717) is 17.1 Å². The third-order valence-electron chi connectivity index (χ3n) is 3.77. The van der Waals surface area contributed by atoms with E-state index >= 15 is 0 Å². The Labute approximate surface area is 112 Å². The van der Waals surface area contributed by atoms with Crippen LogP contribution in [0.3, 0.4) is 0 Å². The summed E-state index contributed by atoms with van der Waals surface area (Å²) < 4.78 is 13.6. The molecule has 0 bridgehead atoms. The van der Waals surface area contributed by atoms with Crippen molar-refractivity contribution in [2.75, 3.05) is 6.61 Å². The van der Waals surface area contributed by atoms with Crippen molar-refractivity contribution in [1.29, 1.82) is 0 Å². The highest BCUT2D eigenvalue weighted by atomic mass is 35.5. The molecule has 1 aliphatic rings. The van der Waals surface area contributed by atoms with E-state index in [0.717, 1.165) is 25.7 Å². The molecule has 0 aromatic heterocycles. The third kappa shape index (κ3) is 3.22. The predicted octanol–water partition coefficient (Wildman–Crippen LogP) is 3.26. The van der Waals surface area contributed by atoms with Gasteiger partial charge in [-0.2, -0.15) is 0 Å². The van der Waals surface area contributed by atoms with Crippen LogP contribution in [0.1, 0.15) is 37.7 Å². The Morgan fingerprint density at radius 3 is 2.67 bits per heavy atom. The van der Waals surface area contributed by atoms with Crippen molar-refractivity contribution in [3.63, 3.8) is 0 Å². The Morgan fingerprint density at radius 2 is 2.00 bits per heavy atom. The molecule has 1 aromatic carbocycles. The zero-order valence-corrected chi connectivity index (χ0v) is 11.1. The van der Waals surface area contributed by atoms with Gasteiger partial charge in [-0.05, 0) is 31.0 Å². The normalized spacial score (nSPS) is 18.8. The van der Waals surface area contributed by atoms with E-state index in [1.54, 1.807) is 12.1 Å². The second kappa shape index (κ2) is 6.00. The molecule has 0 aliphatic heterocycles. The number of halogens is 2. The van der Waals surface area contributed by atoms with Gasteiger partial charge in [-0.3, -0.25) is 0 Å². The van der Waals surface area contributed by atoms with Crippen molar-refractivity contribution in [3.05, 3.63) is 34.6 Å². The molecule has 0 saturated heterocycles. The van der Waals surface area contributed by atoms with Crippen LogP contribution in [0, 0.1) is 5.82 Å². The van der Waals surface area contributed by atoms with E-state index in [1.807, 2.05) is 0 Å². The van der Waals surface area contributed by atoms with Crippen LogP contribution in [0.5, 0.6) is 0 Å². The number of rotatable bonds is 4. The minimum Gasteiger partial charge on any atom is -0.394 e. The van der Waals surface area contributed by atoms with Crippen LogP contribution in [-0.2, 0) is 6.54 Å². The summed E-state index contributed by atoms with van der Waals surface area (Å²) in [5.41, 5.74) is 0.313. The molecule has 1 aliphatic carbocycles. The van der Waals surface area contributed by atoms with Gasteiger partial charge >= 0.3 is 0 Å². The number of nitrogens with one attached hydrogen (secondary N) is 1. The number of aliphatic hydroxyl groups excluding tert-OH is 1. The van der Waals surface area contributed by atoms with Crippen LogP contribution in [0.2, 0.25) is 5.02 Å². The molecule has 0 amide bonds. The van der Waals surface area contributed by atoms with E-state index in [9.17, 15) is 9.50 Å². The number of aliphatic hydroxyl groups is 1. The van der Waals surface area contributed by atoms with Crippen LogP contribution in [0.4, 0.5) is 4.39 Å². The summed E-state index contributed by atoms with van der Waals surface area (Å²) in [6.45, 7) is 0.516. The lowest BCUT2D eigenvalue weighted by Crippen LogP contribution is -2.49. The number of benzene rings is 1. The monoisotopic (exact) mass is 271 g/mol. The average Bonchev–Trinajstić information content (AvgIpc) is 2.41. The van der Waals surface area contributed by atoms with E-state index in [4.69, 9.17) is 11.6 Å². The highest BCUT2D eigenvalue weighted by molar-refractivity contribution is 6.30. The van der Waals surface area contributed by atoms with E-state index in [-0.39, 0.29) is 18.0 Å². The summed E-state index contributed by atoms with van der Waals surface area (Å²) in [4.78, 5) is 0. The fourth-order valence-electron chi connectivity index (χ4n) is 2.58. The van der Waals surface area contributed by atoms with Crippen LogP contribution in [-0.4, -0.2) is 17.3 Å². The molecule has 1 saturated carbocycles. The smallest absolute Gasteiger partial charge is 0.127 e. The zero-order chi connectivity index (χ0) is 13.0. The van der Waals surface area contributed by atoms with Gasteiger partial charge in [0.2, 0.25) is 0 Å². The second-order valence-corrected chi connectivity index (χ2v) is 5.52. The molecule has 2 rings (SSSR count). The molecule has 2 nitrogen and oxygen atoms in total. The van der Waals surface area contributed by atoms with Gasteiger partial charge in [0.05, 0.1) is 6.61 Å². The summed E-state index contributed by atoms with van der Waals surface area (Å²) in [6, 6.07) is 4.56. The van der Waals surface area contributed by atoms with E-state index < -0.39 is 0 Å². The highest BCUT2D eigenvalue weighted by Gasteiger charge is 2.30. The lowest BCUT2D eigenvalue weighted by atomic mass is 9.82. The molecule has 0 heterocycles. The predicted molar refractivity (Wildman–Crippen MR) is 71.2 cm³/mol. The zero-order valence-electron chi connectivity index (χ0n) is 10.4. The SMILES string of the molecule is OCC1(NCc2cc(Cl)ccc2F)CCCCC1. The number of hydrogen-bond donors (Lipinski definition) is 2. The average molecular weight is 272 g/mol. The van der Waals surface area contributed by atoms with E-state index in [2.05, 4.69) is 5.32 Å². The maximum Gasteiger partial charge on any atom is 0.127 e. The standard InChI is InChI=1S/C14H19ClFNO/c15-12-4-5-13(16)11(8-12)9-17-14(10-18)6-2-1-3-7-14/h4-5,8,17-18H,1-3,6-7,9-10H2. The molecule has 4 heteroatoms. The highest BCUT2D eigenvalue weighted by Crippen LogP contribution is 2.28. The van der Waals surface area contributed by atoms with Gasteiger partial charge in [-0.1, -0.05) is 30.9 Å². The quantitative estimate of drug-likeness (QED) is 0.881. The molecular weight excluding hydrogens is 253 g/mol. The summed E-state index contributed by atoms with van der Waals surface area (Å²) in [6.07, 6.45) is 5.35. The first-order valence-corrected chi connectivity index (χ1v) is 6.83. The van der Waals surface area contributed by atoms with Crippen molar-refractivity contribution >= 4 is 11.6 Å². The molecule has 0 spiro atoms. The maximum atomic E-state index is 13.6. The van der Waals surface area contributed by atoms with Crippen molar-refractivity contribution < 1.29 is 9.50 Å². The first kappa shape index (κ1) is 13.8. The van der Waals surface area contributed by atoms with Crippen LogP contribution >= 0.6 is 11.6 Å². The van der Waals surface area contributed by atoms with Gasteiger partial charge in [0.15, 0.2) is 0 Å². The third-order valence-corrected chi connectivity index (χ3v) is 4.01. The number of hydrogen-bond acceptors (Lipinski definition) is 2. The topological polar surface area (TPSA) is 32.3 Å². The molecule has 1 aromatic rings. The van der Waals surface area contributed by atoms with Gasteiger partial charge in [0, 0.05) is 22.7 Å². The Hall–Kier alpha value is -0.640. The Balaban J connectivity index is 2.03. The fourth-order valence-corrected chi connectivity index (χ4v) is 2.78. The Bertz CT molecular complexity index is 405. The van der Waals surface area contributed by atoms with E-state index in [1.165, 1.54) is 12.5 Å². The minimum absolute atomic E-state index is 0.106. The first-order valence-electron chi connectivity index (χ1n) is 6.45.